The molecule has 1 radical (unpaired) electrons. The van der Waals surface area contributed by atoms with Crippen molar-refractivity contribution in [2.75, 3.05) is 0 Å². The molecule has 2 heterocycles. The molecule has 10 heteroatoms. The van der Waals surface area contributed by atoms with E-state index < -0.39 is 35.3 Å². The number of benzene rings is 3. The first-order chi connectivity index (χ1) is 27.3. The van der Waals surface area contributed by atoms with Crippen LogP contribution in [0.3, 0.4) is 0 Å². The van der Waals surface area contributed by atoms with Crippen LogP contribution >= 0.6 is 11.3 Å². The summed E-state index contributed by atoms with van der Waals surface area (Å²) in [5, 5.41) is 65.2. The number of phenolic OH excluding ortho intramolecular Hbond substituents is 5. The SMILES string of the molecule is CCC(CC)C(=O)/C=C(\O)C(CC)CC.[2H]C([2H])([2H])c1cc2c(c3sc4c(-c5[c-]c6c(O)c(O)c(O)c(O)c6c(C(C)(C)C)c5O)nccc4c13)C(C)(C)CCC2(C)C.[Ir]. The maximum atomic E-state index is 11.8. The Bertz CT molecular complexity index is 2470. The molecule has 311 valence electrons. The molecular formula is C47H60IrNO7S-. The minimum Gasteiger partial charge on any atom is -0.542 e. The van der Waals surface area contributed by atoms with Gasteiger partial charge in [-0.15, -0.1) is 17.4 Å². The van der Waals surface area contributed by atoms with Crippen molar-refractivity contribution in [1.82, 2.24) is 4.98 Å². The number of aliphatic hydroxyl groups excluding tert-OH is 1. The number of nitrogens with zero attached hydrogens (tertiary/aromatic N) is 1. The van der Waals surface area contributed by atoms with Crippen LogP contribution in [0.15, 0.2) is 30.2 Å². The molecule has 0 fully saturated rings. The van der Waals surface area contributed by atoms with Gasteiger partial charge in [0.2, 0.25) is 0 Å². The number of hydrogen-bond acceptors (Lipinski definition) is 9. The Morgan fingerprint density at radius 3 is 2.02 bits per heavy atom. The van der Waals surface area contributed by atoms with E-state index in [1.807, 2.05) is 33.8 Å². The number of fused-ring (bicyclic) bond motifs is 6. The van der Waals surface area contributed by atoms with Crippen LogP contribution in [0.2, 0.25) is 0 Å². The number of pyridine rings is 1. The first-order valence-electron chi connectivity index (χ1n) is 21.2. The van der Waals surface area contributed by atoms with Gasteiger partial charge in [0.25, 0.3) is 0 Å². The van der Waals surface area contributed by atoms with Gasteiger partial charge in [-0.05, 0) is 95.2 Å². The van der Waals surface area contributed by atoms with Crippen molar-refractivity contribution in [3.05, 3.63) is 58.5 Å². The third kappa shape index (κ3) is 8.11. The van der Waals surface area contributed by atoms with E-state index in [0.717, 1.165) is 54.4 Å². The van der Waals surface area contributed by atoms with Crippen LogP contribution in [-0.4, -0.2) is 41.4 Å². The number of aliphatic hydroxyl groups is 1. The van der Waals surface area contributed by atoms with Gasteiger partial charge in [0.05, 0.1) is 11.5 Å². The van der Waals surface area contributed by atoms with Gasteiger partial charge in [0.15, 0.2) is 17.3 Å². The van der Waals surface area contributed by atoms with Gasteiger partial charge in [-0.25, -0.2) is 0 Å². The van der Waals surface area contributed by atoms with Gasteiger partial charge in [0, 0.05) is 68.8 Å². The molecule has 5 aromatic rings. The zero-order valence-electron chi connectivity index (χ0n) is 38.0. The Morgan fingerprint density at radius 2 is 1.46 bits per heavy atom. The molecule has 0 amide bonds. The van der Waals surface area contributed by atoms with Gasteiger partial charge < -0.3 is 30.6 Å². The number of carbonyl (C=O) groups is 1. The number of rotatable bonds is 8. The van der Waals surface area contributed by atoms with E-state index >= 15 is 0 Å². The van der Waals surface area contributed by atoms with Gasteiger partial charge in [-0.1, -0.05) is 98.7 Å². The van der Waals surface area contributed by atoms with Crippen molar-refractivity contribution in [2.24, 2.45) is 11.8 Å². The number of hydrogen-bond donors (Lipinski definition) is 6. The fraction of sp³-hybridized carbons (Fsp3) is 0.489. The van der Waals surface area contributed by atoms with Crippen LogP contribution in [0, 0.1) is 24.8 Å². The van der Waals surface area contributed by atoms with Crippen LogP contribution in [0.25, 0.3) is 42.2 Å². The summed E-state index contributed by atoms with van der Waals surface area (Å²) in [7, 11) is 0. The van der Waals surface area contributed by atoms with E-state index in [4.69, 9.17) is 4.11 Å². The zero-order chi connectivity index (χ0) is 44.3. The second kappa shape index (κ2) is 16.8. The molecule has 0 saturated heterocycles. The fourth-order valence-corrected chi connectivity index (χ4v) is 9.86. The van der Waals surface area contributed by atoms with E-state index in [2.05, 4.69) is 38.7 Å². The van der Waals surface area contributed by atoms with Crippen molar-refractivity contribution >= 4 is 48.1 Å². The van der Waals surface area contributed by atoms with Crippen LogP contribution < -0.4 is 0 Å². The Hall–Kier alpha value is -3.85. The van der Waals surface area contributed by atoms with Gasteiger partial charge in [0.1, 0.15) is 11.5 Å². The molecule has 0 aliphatic heterocycles. The zero-order valence-corrected chi connectivity index (χ0v) is 38.2. The summed E-state index contributed by atoms with van der Waals surface area (Å²) in [5.74, 6) is -2.92. The molecule has 2 aromatic heterocycles. The van der Waals surface area contributed by atoms with Crippen molar-refractivity contribution < 1.29 is 59.7 Å². The number of phenols is 5. The molecule has 1 aliphatic rings. The third-order valence-electron chi connectivity index (χ3n) is 11.9. The van der Waals surface area contributed by atoms with Gasteiger partial charge in [-0.2, -0.15) is 0 Å². The summed E-state index contributed by atoms with van der Waals surface area (Å²) in [6, 6.07) is 6.63. The number of allylic oxidation sites excluding steroid dienone is 2. The van der Waals surface area contributed by atoms with Crippen LogP contribution in [0.4, 0.5) is 0 Å². The summed E-state index contributed by atoms with van der Waals surface area (Å²) in [5.41, 5.74) is 1.81. The van der Waals surface area contributed by atoms with Crippen molar-refractivity contribution in [1.29, 1.82) is 0 Å². The van der Waals surface area contributed by atoms with Crippen LogP contribution in [-0.2, 0) is 41.1 Å². The minimum atomic E-state index is -2.39. The third-order valence-corrected chi connectivity index (χ3v) is 13.1. The maximum absolute atomic E-state index is 11.8. The topological polar surface area (TPSA) is 151 Å². The molecule has 1 aliphatic carbocycles. The van der Waals surface area contributed by atoms with E-state index in [1.54, 1.807) is 33.0 Å². The van der Waals surface area contributed by atoms with Crippen LogP contribution in [0.1, 0.15) is 141 Å². The molecule has 0 atom stereocenters. The molecule has 3 aromatic carbocycles. The molecule has 0 unspecified atom stereocenters. The average Bonchev–Trinajstić information content (AvgIpc) is 3.54. The van der Waals surface area contributed by atoms with Gasteiger partial charge >= 0.3 is 0 Å². The summed E-state index contributed by atoms with van der Waals surface area (Å²) in [4.78, 5) is 16.4. The molecule has 0 spiro atoms. The standard InChI is InChI=1S/C34H36NO5S.C13H24O2.Ir/c1-15-13-19-22(34(7,8)11-10-33(19,5)6)31-20(15)16-9-12-35-24(30(16)41-31)18-14-17-21(23(25(18)36)32(2,3)4)27(38)29(40)28(39)26(17)37;1-5-10(6-2)12(14)9-13(15)11(7-3)8-4;/h9,12-13,36-40H,10-11H2,1-8H3;9-11,14H,5-8H2,1-4H3;/q-1;;/b;12-9-;/i1D3;;. The second-order valence-electron chi connectivity index (χ2n) is 17.6. The molecule has 6 rings (SSSR count). The quantitative estimate of drug-likeness (QED) is 0.0296. The number of ketones is 1. The molecule has 8 nitrogen and oxygen atoms in total. The number of aromatic nitrogens is 1. The average molecular weight is 978 g/mol. The molecule has 0 bridgehead atoms. The smallest absolute Gasteiger partial charge is 0.188 e. The molecule has 57 heavy (non-hydrogen) atoms. The van der Waals surface area contributed by atoms with Crippen molar-refractivity contribution in [2.45, 2.75) is 138 Å². The second-order valence-corrected chi connectivity index (χ2v) is 18.6. The predicted molar refractivity (Wildman–Crippen MR) is 230 cm³/mol. The molecule has 6 N–H and O–H groups in total. The maximum Gasteiger partial charge on any atom is 0.188 e. The Kier molecular flexibility index (Phi) is 12.2. The predicted octanol–water partition coefficient (Wildman–Crippen LogP) is 12.4. The summed E-state index contributed by atoms with van der Waals surface area (Å²) >= 11 is 1.43. The van der Waals surface area contributed by atoms with Crippen molar-refractivity contribution in [3.63, 3.8) is 0 Å². The number of thiophene rings is 1. The van der Waals surface area contributed by atoms with Crippen molar-refractivity contribution in [3.8, 4) is 40.0 Å². The van der Waals surface area contributed by atoms with E-state index in [9.17, 15) is 35.4 Å². The van der Waals surface area contributed by atoms with Gasteiger partial charge in [-0.3, -0.25) is 9.78 Å². The van der Waals surface area contributed by atoms with Crippen LogP contribution in [0.5, 0.6) is 28.7 Å². The number of carbonyl (C=O) groups excluding carboxylic acids is 1. The number of aromatic hydroxyl groups is 5. The summed E-state index contributed by atoms with van der Waals surface area (Å²) in [6.07, 6.45) is 8.32. The monoisotopic (exact) mass is 978 g/mol. The summed E-state index contributed by atoms with van der Waals surface area (Å²) in [6.45, 7) is 19.8. The van der Waals surface area contributed by atoms with E-state index in [1.165, 1.54) is 17.4 Å². The normalized spacial score (nSPS) is 16.2. The van der Waals surface area contributed by atoms with E-state index in [-0.39, 0.29) is 87.5 Å². The Balaban J connectivity index is 0.000000425. The Morgan fingerprint density at radius 1 is 0.877 bits per heavy atom. The molecule has 0 saturated carbocycles. The first-order valence-corrected chi connectivity index (χ1v) is 20.5. The fourth-order valence-electron chi connectivity index (χ4n) is 8.32. The molecular weight excluding hydrogens is 915 g/mol. The largest absolute Gasteiger partial charge is 0.542 e. The van der Waals surface area contributed by atoms with E-state index in [0.29, 0.717) is 21.2 Å². The Labute approximate surface area is 359 Å². The minimum absolute atomic E-state index is 0. The first kappa shape index (κ1) is 41.3. The summed E-state index contributed by atoms with van der Waals surface area (Å²) < 4.78 is 27.1. The number of aryl methyl sites for hydroxylation is 1.